The van der Waals surface area contributed by atoms with Crippen molar-refractivity contribution in [2.75, 3.05) is 5.32 Å². The van der Waals surface area contributed by atoms with Gasteiger partial charge in [0.05, 0.1) is 6.04 Å². The van der Waals surface area contributed by atoms with E-state index in [1.54, 1.807) is 0 Å². The van der Waals surface area contributed by atoms with Crippen LogP contribution >= 0.6 is 15.9 Å². The number of rotatable bonds is 3. The highest BCUT2D eigenvalue weighted by Crippen LogP contribution is 2.23. The standard InChI is InChI=1S/C15H17BrN2/c1-10-6-4-5-7-13(10)12(3)18-15-8-11(2)14(16)9-17-15/h4-9,12H,1-3H3,(H,17,18). The molecule has 0 aliphatic heterocycles. The Morgan fingerprint density at radius 2 is 1.89 bits per heavy atom. The van der Waals surface area contributed by atoms with Crippen molar-refractivity contribution in [2.24, 2.45) is 0 Å². The van der Waals surface area contributed by atoms with Crippen LogP contribution in [0.5, 0.6) is 0 Å². The molecule has 0 aliphatic carbocycles. The number of aryl methyl sites for hydroxylation is 2. The van der Waals surface area contributed by atoms with E-state index in [9.17, 15) is 0 Å². The van der Waals surface area contributed by atoms with E-state index >= 15 is 0 Å². The van der Waals surface area contributed by atoms with Gasteiger partial charge in [-0.1, -0.05) is 24.3 Å². The Labute approximate surface area is 117 Å². The van der Waals surface area contributed by atoms with Crippen molar-refractivity contribution >= 4 is 21.7 Å². The van der Waals surface area contributed by atoms with Crippen LogP contribution in [0.1, 0.15) is 29.7 Å². The van der Waals surface area contributed by atoms with Gasteiger partial charge in [0.15, 0.2) is 0 Å². The van der Waals surface area contributed by atoms with Crippen LogP contribution < -0.4 is 5.32 Å². The Morgan fingerprint density at radius 3 is 2.56 bits per heavy atom. The number of pyridine rings is 1. The molecule has 2 rings (SSSR count). The van der Waals surface area contributed by atoms with Crippen molar-refractivity contribution in [2.45, 2.75) is 26.8 Å². The fourth-order valence-corrected chi connectivity index (χ4v) is 2.21. The summed E-state index contributed by atoms with van der Waals surface area (Å²) in [6, 6.07) is 10.7. The highest BCUT2D eigenvalue weighted by molar-refractivity contribution is 9.10. The van der Waals surface area contributed by atoms with Crippen LogP contribution in [-0.2, 0) is 0 Å². The van der Waals surface area contributed by atoms with E-state index in [1.807, 2.05) is 6.20 Å². The van der Waals surface area contributed by atoms with Crippen molar-refractivity contribution in [1.29, 1.82) is 0 Å². The number of nitrogens with zero attached hydrogens (tertiary/aromatic N) is 1. The lowest BCUT2D eigenvalue weighted by Gasteiger charge is -2.17. The number of benzene rings is 1. The molecule has 0 saturated carbocycles. The second kappa shape index (κ2) is 5.53. The lowest BCUT2D eigenvalue weighted by molar-refractivity contribution is 0.864. The second-order valence-corrected chi connectivity index (χ2v) is 5.40. The first-order valence-electron chi connectivity index (χ1n) is 6.02. The molecule has 0 radical (unpaired) electrons. The fourth-order valence-electron chi connectivity index (χ4n) is 1.99. The normalized spacial score (nSPS) is 12.2. The first-order valence-corrected chi connectivity index (χ1v) is 6.81. The van der Waals surface area contributed by atoms with Gasteiger partial charge in [-0.25, -0.2) is 4.98 Å². The van der Waals surface area contributed by atoms with Crippen molar-refractivity contribution < 1.29 is 0 Å². The molecule has 0 amide bonds. The molecule has 0 bridgehead atoms. The number of hydrogen-bond donors (Lipinski definition) is 1. The molecule has 3 heteroatoms. The first-order chi connectivity index (χ1) is 8.58. The molecule has 0 spiro atoms. The van der Waals surface area contributed by atoms with E-state index in [4.69, 9.17) is 0 Å². The van der Waals surface area contributed by atoms with Crippen molar-refractivity contribution in [1.82, 2.24) is 4.98 Å². The van der Waals surface area contributed by atoms with Crippen molar-refractivity contribution in [3.05, 3.63) is 57.7 Å². The molecule has 0 saturated heterocycles. The van der Waals surface area contributed by atoms with Gasteiger partial charge in [0.25, 0.3) is 0 Å². The van der Waals surface area contributed by atoms with Gasteiger partial charge < -0.3 is 5.32 Å². The fraction of sp³-hybridized carbons (Fsp3) is 0.267. The Bertz CT molecular complexity index is 552. The van der Waals surface area contributed by atoms with E-state index in [0.29, 0.717) is 0 Å². The smallest absolute Gasteiger partial charge is 0.126 e. The summed E-state index contributed by atoms with van der Waals surface area (Å²) in [6.45, 7) is 6.35. The highest BCUT2D eigenvalue weighted by Gasteiger charge is 2.08. The molecule has 18 heavy (non-hydrogen) atoms. The molecule has 1 atom stereocenters. The van der Waals surface area contributed by atoms with Crippen LogP contribution in [0.4, 0.5) is 5.82 Å². The summed E-state index contributed by atoms with van der Waals surface area (Å²) in [7, 11) is 0. The number of nitrogens with one attached hydrogen (secondary N) is 1. The van der Waals surface area contributed by atoms with E-state index < -0.39 is 0 Å². The number of hydrogen-bond acceptors (Lipinski definition) is 2. The van der Waals surface area contributed by atoms with Crippen molar-refractivity contribution in [3.63, 3.8) is 0 Å². The molecule has 1 aromatic heterocycles. The van der Waals surface area contributed by atoms with Gasteiger partial charge in [-0.15, -0.1) is 0 Å². The van der Waals surface area contributed by atoms with Crippen molar-refractivity contribution in [3.8, 4) is 0 Å². The molecule has 1 unspecified atom stereocenters. The summed E-state index contributed by atoms with van der Waals surface area (Å²) in [5.41, 5.74) is 3.79. The highest BCUT2D eigenvalue weighted by atomic mass is 79.9. The van der Waals surface area contributed by atoms with E-state index in [0.717, 1.165) is 10.3 Å². The van der Waals surface area contributed by atoms with Crippen LogP contribution in [0.15, 0.2) is 41.0 Å². The van der Waals surface area contributed by atoms with Crippen LogP contribution in [0.3, 0.4) is 0 Å². The third kappa shape index (κ3) is 2.91. The average Bonchev–Trinajstić information content (AvgIpc) is 2.34. The Balaban J connectivity index is 2.19. The lowest BCUT2D eigenvalue weighted by atomic mass is 10.0. The average molecular weight is 305 g/mol. The Morgan fingerprint density at radius 1 is 1.17 bits per heavy atom. The molecule has 1 N–H and O–H groups in total. The largest absolute Gasteiger partial charge is 0.364 e. The predicted molar refractivity (Wildman–Crippen MR) is 79.9 cm³/mol. The maximum absolute atomic E-state index is 4.38. The summed E-state index contributed by atoms with van der Waals surface area (Å²) in [4.78, 5) is 4.38. The minimum absolute atomic E-state index is 0.249. The zero-order valence-corrected chi connectivity index (χ0v) is 12.5. The molecular weight excluding hydrogens is 288 g/mol. The minimum atomic E-state index is 0.249. The maximum Gasteiger partial charge on any atom is 0.126 e. The summed E-state index contributed by atoms with van der Waals surface area (Å²) in [5.74, 6) is 0.909. The Kier molecular flexibility index (Phi) is 4.02. The molecule has 0 aliphatic rings. The van der Waals surface area contributed by atoms with Gasteiger partial charge in [0, 0.05) is 10.7 Å². The Hall–Kier alpha value is -1.35. The van der Waals surface area contributed by atoms with E-state index in [-0.39, 0.29) is 6.04 Å². The third-order valence-electron chi connectivity index (χ3n) is 3.07. The van der Waals surface area contributed by atoms with Crippen LogP contribution in [0, 0.1) is 13.8 Å². The molecule has 94 valence electrons. The van der Waals surface area contributed by atoms with Crippen LogP contribution in [0.2, 0.25) is 0 Å². The molecular formula is C15H17BrN2. The summed E-state index contributed by atoms with van der Waals surface area (Å²) in [6.07, 6.45) is 1.84. The molecule has 1 heterocycles. The summed E-state index contributed by atoms with van der Waals surface area (Å²) >= 11 is 3.46. The summed E-state index contributed by atoms with van der Waals surface area (Å²) < 4.78 is 1.04. The van der Waals surface area contributed by atoms with Gasteiger partial charge in [0.2, 0.25) is 0 Å². The molecule has 0 fully saturated rings. The third-order valence-corrected chi connectivity index (χ3v) is 3.90. The van der Waals surface area contributed by atoms with E-state index in [1.165, 1.54) is 16.7 Å². The van der Waals surface area contributed by atoms with Gasteiger partial charge >= 0.3 is 0 Å². The predicted octanol–water partition coefficient (Wildman–Crippen LogP) is 4.63. The first kappa shape index (κ1) is 13.1. The molecule has 2 aromatic rings. The number of halogens is 1. The lowest BCUT2D eigenvalue weighted by Crippen LogP contribution is -2.09. The van der Waals surface area contributed by atoms with Gasteiger partial charge in [-0.05, 0) is 59.5 Å². The molecule has 1 aromatic carbocycles. The number of aromatic nitrogens is 1. The van der Waals surface area contributed by atoms with Crippen LogP contribution in [0.25, 0.3) is 0 Å². The summed E-state index contributed by atoms with van der Waals surface area (Å²) in [5, 5.41) is 3.44. The van der Waals surface area contributed by atoms with E-state index in [2.05, 4.69) is 77.3 Å². The topological polar surface area (TPSA) is 24.9 Å². The second-order valence-electron chi connectivity index (χ2n) is 4.54. The quantitative estimate of drug-likeness (QED) is 0.894. The SMILES string of the molecule is Cc1cc(NC(C)c2ccccc2C)ncc1Br. The zero-order valence-electron chi connectivity index (χ0n) is 10.9. The van der Waals surface area contributed by atoms with Crippen LogP contribution in [-0.4, -0.2) is 4.98 Å². The monoisotopic (exact) mass is 304 g/mol. The minimum Gasteiger partial charge on any atom is -0.364 e. The molecule has 2 nitrogen and oxygen atoms in total. The number of anilines is 1. The van der Waals surface area contributed by atoms with Gasteiger partial charge in [-0.3, -0.25) is 0 Å². The van der Waals surface area contributed by atoms with Gasteiger partial charge in [0.1, 0.15) is 5.82 Å². The zero-order chi connectivity index (χ0) is 13.1. The van der Waals surface area contributed by atoms with Gasteiger partial charge in [-0.2, -0.15) is 0 Å². The maximum atomic E-state index is 4.38.